The Morgan fingerprint density at radius 2 is 0.953 bits per heavy atom. The van der Waals surface area contributed by atoms with Crippen LogP contribution in [0.4, 0.5) is 5.69 Å². The Hall–Kier alpha value is -2.63. The van der Waals surface area contributed by atoms with Crippen molar-refractivity contribution in [3.63, 3.8) is 0 Å². The minimum atomic E-state index is -4.63. The minimum absolute atomic E-state index is 0.0913. The average Bonchev–Trinajstić information content (AvgIpc) is 2.85. The van der Waals surface area contributed by atoms with E-state index in [1.54, 1.807) is 0 Å². The maximum absolute atomic E-state index is 11.7. The molecular formula is C36H52NO5P. The molecule has 0 atom stereocenters. The summed E-state index contributed by atoms with van der Waals surface area (Å²) in [6, 6.07) is 18.1. The first-order valence-electron chi connectivity index (χ1n) is 15.0. The van der Waals surface area contributed by atoms with E-state index in [2.05, 4.69) is 119 Å². The zero-order chi connectivity index (χ0) is 33.0. The van der Waals surface area contributed by atoms with Gasteiger partial charge in [0, 0.05) is 0 Å². The molecule has 0 saturated heterocycles. The van der Waals surface area contributed by atoms with Gasteiger partial charge < -0.3 is 0 Å². The van der Waals surface area contributed by atoms with Crippen LogP contribution in [0.15, 0.2) is 60.7 Å². The standard InChI is InChI=1S/C36H52NO5P/c1-32(2,3)24-14-20-28(30(22-24)34(7,8)9)36(13,42-43(40,41)27-18-16-26(17-19-27)37(38)39)29-21-15-25(33(4,5)6)23-31(29)35(10,11)12/h14-23,40-41,43H,1-13H3. The Kier molecular flexibility index (Phi) is 9.22. The number of non-ortho nitro benzene ring substituents is 1. The van der Waals surface area contributed by atoms with Crippen molar-refractivity contribution >= 4 is 18.9 Å². The van der Waals surface area contributed by atoms with Crippen molar-refractivity contribution in [3.8, 4) is 0 Å². The monoisotopic (exact) mass is 609 g/mol. The van der Waals surface area contributed by atoms with Gasteiger partial charge in [0.1, 0.15) is 0 Å². The molecule has 0 amide bonds. The molecule has 0 fully saturated rings. The molecule has 0 aliphatic rings. The molecule has 3 aromatic rings. The number of nitro groups is 1. The first-order valence-corrected chi connectivity index (χ1v) is 16.8. The summed E-state index contributed by atoms with van der Waals surface area (Å²) in [5.41, 5.74) is 3.97. The first kappa shape index (κ1) is 34.9. The molecule has 0 radical (unpaired) electrons. The molecule has 236 valence electrons. The van der Waals surface area contributed by atoms with Gasteiger partial charge in [-0.3, -0.25) is 0 Å². The second kappa shape index (κ2) is 11.4. The average molecular weight is 610 g/mol. The number of rotatable bonds is 6. The van der Waals surface area contributed by atoms with Gasteiger partial charge in [0.25, 0.3) is 0 Å². The van der Waals surface area contributed by atoms with E-state index < -0.39 is 18.5 Å². The van der Waals surface area contributed by atoms with Crippen LogP contribution in [-0.2, 0) is 31.8 Å². The van der Waals surface area contributed by atoms with Gasteiger partial charge in [-0.2, -0.15) is 0 Å². The van der Waals surface area contributed by atoms with E-state index in [1.165, 1.54) is 35.4 Å². The van der Waals surface area contributed by atoms with Crippen molar-refractivity contribution in [2.24, 2.45) is 0 Å². The normalized spacial score (nSPS) is 14.1. The van der Waals surface area contributed by atoms with Gasteiger partial charge in [0.15, 0.2) is 0 Å². The molecule has 0 saturated carbocycles. The van der Waals surface area contributed by atoms with E-state index in [1.807, 2.05) is 6.92 Å². The Labute approximate surface area is 259 Å². The molecule has 0 aliphatic heterocycles. The van der Waals surface area contributed by atoms with E-state index in [0.29, 0.717) is 0 Å². The zero-order valence-electron chi connectivity index (χ0n) is 28.3. The molecule has 43 heavy (non-hydrogen) atoms. The summed E-state index contributed by atoms with van der Waals surface area (Å²) in [5, 5.41) is 11.4. The van der Waals surface area contributed by atoms with Crippen LogP contribution in [-0.4, -0.2) is 14.7 Å². The molecule has 2 N–H and O–H groups in total. The van der Waals surface area contributed by atoms with E-state index in [0.717, 1.165) is 22.3 Å². The van der Waals surface area contributed by atoms with Crippen LogP contribution in [0, 0.1) is 10.1 Å². The fraction of sp³-hybridized carbons (Fsp3) is 0.500. The number of hydrogen-bond acceptors (Lipinski definition) is 5. The molecule has 0 aromatic heterocycles. The maximum atomic E-state index is 11.7. The van der Waals surface area contributed by atoms with Crippen LogP contribution in [0.5, 0.6) is 0 Å². The van der Waals surface area contributed by atoms with Crippen LogP contribution >= 0.6 is 7.94 Å². The molecule has 7 heteroatoms. The van der Waals surface area contributed by atoms with Crippen molar-refractivity contribution in [2.45, 2.75) is 117 Å². The summed E-state index contributed by atoms with van der Waals surface area (Å²) in [4.78, 5) is 34.2. The predicted molar refractivity (Wildman–Crippen MR) is 181 cm³/mol. The van der Waals surface area contributed by atoms with Crippen molar-refractivity contribution in [2.75, 3.05) is 0 Å². The third kappa shape index (κ3) is 7.54. The fourth-order valence-corrected chi connectivity index (χ4v) is 7.00. The van der Waals surface area contributed by atoms with E-state index in [-0.39, 0.29) is 32.7 Å². The van der Waals surface area contributed by atoms with E-state index >= 15 is 0 Å². The van der Waals surface area contributed by atoms with Gasteiger partial charge in [-0.1, -0.05) is 0 Å². The third-order valence-electron chi connectivity index (χ3n) is 8.22. The van der Waals surface area contributed by atoms with E-state index in [4.69, 9.17) is 4.52 Å². The van der Waals surface area contributed by atoms with Gasteiger partial charge in [-0.15, -0.1) is 0 Å². The molecule has 6 nitrogen and oxygen atoms in total. The van der Waals surface area contributed by atoms with Gasteiger partial charge >= 0.3 is 260 Å². The van der Waals surface area contributed by atoms with Crippen molar-refractivity contribution in [1.29, 1.82) is 0 Å². The molecule has 0 aliphatic carbocycles. The van der Waals surface area contributed by atoms with Crippen LogP contribution in [0.2, 0.25) is 0 Å². The van der Waals surface area contributed by atoms with Crippen molar-refractivity contribution < 1.29 is 19.2 Å². The Balaban J connectivity index is 2.44. The molecule has 0 spiro atoms. The molecular weight excluding hydrogens is 557 g/mol. The fourth-order valence-electron chi connectivity index (χ4n) is 5.49. The predicted octanol–water partition coefficient (Wildman–Crippen LogP) is 8.87. The SMILES string of the molecule is CC(C)(C)c1ccc(C(C)(O[PH](O)(O)c2ccc([N+](=O)[O-])cc2)c2ccc(C(C)(C)C)cc2C(C)(C)C)c(C(C)(C)C)c1. The number of nitro benzene ring substituents is 1. The summed E-state index contributed by atoms with van der Waals surface area (Å²) in [5.74, 6) is 0. The quantitative estimate of drug-likeness (QED) is 0.165. The van der Waals surface area contributed by atoms with Crippen molar-refractivity contribution in [1.82, 2.24) is 0 Å². The molecule has 0 heterocycles. The second-order valence-electron chi connectivity index (χ2n) is 16.1. The topological polar surface area (TPSA) is 92.8 Å². The van der Waals surface area contributed by atoms with E-state index in [9.17, 15) is 19.9 Å². The summed E-state index contributed by atoms with van der Waals surface area (Å²) in [6.07, 6.45) is 0. The first-order chi connectivity index (χ1) is 19.3. The molecule has 0 unspecified atom stereocenters. The number of nitrogens with zero attached hydrogens (tertiary/aromatic N) is 1. The third-order valence-corrected chi connectivity index (χ3v) is 9.99. The molecule has 3 rings (SSSR count). The van der Waals surface area contributed by atoms with Crippen molar-refractivity contribution in [3.05, 3.63) is 104 Å². The summed E-state index contributed by atoms with van der Waals surface area (Å²) >= 11 is 0. The molecule has 0 bridgehead atoms. The summed E-state index contributed by atoms with van der Waals surface area (Å²) in [7, 11) is -4.63. The summed E-state index contributed by atoms with van der Waals surface area (Å²) < 4.78 is 6.69. The van der Waals surface area contributed by atoms with Gasteiger partial charge in [-0.25, -0.2) is 0 Å². The van der Waals surface area contributed by atoms with Gasteiger partial charge in [0.05, 0.1) is 0 Å². The Morgan fingerprint density at radius 3 is 1.26 bits per heavy atom. The number of hydrogen-bond donors (Lipinski definition) is 2. The summed E-state index contributed by atoms with van der Waals surface area (Å²) in [6.45, 7) is 28.0. The van der Waals surface area contributed by atoms with Gasteiger partial charge in [-0.05, 0) is 0 Å². The van der Waals surface area contributed by atoms with Gasteiger partial charge in [0.2, 0.25) is 0 Å². The van der Waals surface area contributed by atoms with Crippen LogP contribution in [0.3, 0.4) is 0 Å². The van der Waals surface area contributed by atoms with Crippen LogP contribution in [0.1, 0.15) is 123 Å². The Morgan fingerprint density at radius 1 is 0.581 bits per heavy atom. The van der Waals surface area contributed by atoms with Crippen LogP contribution in [0.25, 0.3) is 0 Å². The Bertz CT molecular complexity index is 1400. The second-order valence-corrected chi connectivity index (χ2v) is 18.1. The van der Waals surface area contributed by atoms with Crippen LogP contribution < -0.4 is 5.30 Å². The zero-order valence-corrected chi connectivity index (χ0v) is 29.3. The molecule has 3 aromatic carbocycles. The number of benzene rings is 3.